The molecule has 1 aromatic heterocycles. The van der Waals surface area contributed by atoms with Crippen molar-refractivity contribution in [3.05, 3.63) is 58.3 Å². The Kier molecular flexibility index (Phi) is 4.45. The zero-order valence-corrected chi connectivity index (χ0v) is 14.1. The van der Waals surface area contributed by atoms with E-state index in [0.29, 0.717) is 18.0 Å². The lowest BCUT2D eigenvalue weighted by Crippen LogP contribution is -1.92. The van der Waals surface area contributed by atoms with Crippen molar-refractivity contribution in [1.82, 2.24) is 9.97 Å². The lowest BCUT2D eigenvalue weighted by atomic mass is 10.1. The number of ether oxygens (including phenoxy) is 1. The van der Waals surface area contributed by atoms with Crippen LogP contribution in [0.25, 0.3) is 22.7 Å². The standard InChI is InChI=1S/C18H14BrN3O/c1-2-23-17-8-7-12(10-14(17)19)9-13(11-20)18-21-15-5-3-4-6-16(15)22-18/h3-10H,2H2,1H3,(H,21,22)/b13-9-. The predicted molar refractivity (Wildman–Crippen MR) is 94.9 cm³/mol. The largest absolute Gasteiger partial charge is 0.493 e. The van der Waals surface area contributed by atoms with E-state index in [4.69, 9.17) is 4.74 Å². The van der Waals surface area contributed by atoms with Crippen molar-refractivity contribution in [2.75, 3.05) is 6.61 Å². The molecule has 0 aliphatic carbocycles. The number of imidazole rings is 1. The van der Waals surface area contributed by atoms with E-state index in [2.05, 4.69) is 32.0 Å². The fourth-order valence-electron chi connectivity index (χ4n) is 2.28. The number of H-pyrrole nitrogens is 1. The van der Waals surface area contributed by atoms with Crippen molar-refractivity contribution < 1.29 is 4.74 Å². The van der Waals surface area contributed by atoms with E-state index in [1.165, 1.54) is 0 Å². The molecule has 0 unspecified atom stereocenters. The summed E-state index contributed by atoms with van der Waals surface area (Å²) >= 11 is 3.48. The summed E-state index contributed by atoms with van der Waals surface area (Å²) in [4.78, 5) is 7.64. The number of fused-ring (bicyclic) bond motifs is 1. The Morgan fingerprint density at radius 3 is 2.87 bits per heavy atom. The first-order valence-corrected chi connectivity index (χ1v) is 8.00. The highest BCUT2D eigenvalue weighted by Crippen LogP contribution is 2.28. The molecule has 0 radical (unpaired) electrons. The molecule has 4 nitrogen and oxygen atoms in total. The van der Waals surface area contributed by atoms with Crippen LogP contribution in [0.5, 0.6) is 5.75 Å². The summed E-state index contributed by atoms with van der Waals surface area (Å²) in [6, 6.07) is 15.6. The van der Waals surface area contributed by atoms with Crippen molar-refractivity contribution in [1.29, 1.82) is 5.26 Å². The average Bonchev–Trinajstić information content (AvgIpc) is 2.99. The first kappa shape index (κ1) is 15.3. The Bertz CT molecular complexity index is 888. The van der Waals surface area contributed by atoms with Crippen molar-refractivity contribution in [2.45, 2.75) is 6.92 Å². The summed E-state index contributed by atoms with van der Waals surface area (Å²) in [6.45, 7) is 2.55. The van der Waals surface area contributed by atoms with Crippen LogP contribution in [0.4, 0.5) is 0 Å². The van der Waals surface area contributed by atoms with Gasteiger partial charge in [0.2, 0.25) is 0 Å². The number of hydrogen-bond donors (Lipinski definition) is 1. The minimum absolute atomic E-state index is 0.484. The molecule has 0 bridgehead atoms. The van der Waals surface area contributed by atoms with Gasteiger partial charge in [0, 0.05) is 0 Å². The van der Waals surface area contributed by atoms with E-state index in [0.717, 1.165) is 26.8 Å². The van der Waals surface area contributed by atoms with Crippen LogP contribution in [0.2, 0.25) is 0 Å². The summed E-state index contributed by atoms with van der Waals surface area (Å²) in [7, 11) is 0. The fraction of sp³-hybridized carbons (Fsp3) is 0.111. The van der Waals surface area contributed by atoms with Gasteiger partial charge in [-0.25, -0.2) is 4.98 Å². The molecule has 0 spiro atoms. The summed E-state index contributed by atoms with van der Waals surface area (Å²) in [6.07, 6.45) is 1.80. The highest BCUT2D eigenvalue weighted by molar-refractivity contribution is 9.10. The number of aromatic nitrogens is 2. The predicted octanol–water partition coefficient (Wildman–Crippen LogP) is 4.79. The second kappa shape index (κ2) is 6.67. The normalized spacial score (nSPS) is 11.4. The zero-order chi connectivity index (χ0) is 16.2. The van der Waals surface area contributed by atoms with Crippen LogP contribution in [0.1, 0.15) is 18.3 Å². The molecule has 0 atom stereocenters. The Hall–Kier alpha value is -2.58. The van der Waals surface area contributed by atoms with Gasteiger partial charge in [0.1, 0.15) is 17.6 Å². The minimum Gasteiger partial charge on any atom is -0.493 e. The van der Waals surface area contributed by atoms with Crippen molar-refractivity contribution in [3.63, 3.8) is 0 Å². The molecule has 0 aliphatic rings. The first-order valence-electron chi connectivity index (χ1n) is 7.20. The molecule has 2 aromatic carbocycles. The maximum atomic E-state index is 9.46. The molecule has 1 heterocycles. The van der Waals surface area contributed by atoms with E-state index in [-0.39, 0.29) is 0 Å². The molecule has 0 saturated carbocycles. The highest BCUT2D eigenvalue weighted by atomic mass is 79.9. The monoisotopic (exact) mass is 367 g/mol. The number of nitrogens with one attached hydrogen (secondary N) is 1. The van der Waals surface area contributed by atoms with Crippen molar-refractivity contribution >= 4 is 38.6 Å². The molecule has 0 amide bonds. The lowest BCUT2D eigenvalue weighted by molar-refractivity contribution is 0.338. The molecule has 0 fully saturated rings. The Labute approximate surface area is 142 Å². The smallest absolute Gasteiger partial charge is 0.149 e. The van der Waals surface area contributed by atoms with E-state index >= 15 is 0 Å². The summed E-state index contributed by atoms with van der Waals surface area (Å²) < 4.78 is 6.35. The van der Waals surface area contributed by atoms with Gasteiger partial charge < -0.3 is 9.72 Å². The number of nitrogens with zero attached hydrogens (tertiary/aromatic N) is 2. The maximum Gasteiger partial charge on any atom is 0.149 e. The number of aromatic amines is 1. The van der Waals surface area contributed by atoms with Crippen LogP contribution in [-0.2, 0) is 0 Å². The summed E-state index contributed by atoms with van der Waals surface area (Å²) in [5.74, 6) is 1.35. The molecule has 0 saturated heterocycles. The van der Waals surface area contributed by atoms with Gasteiger partial charge in [0.05, 0.1) is 27.7 Å². The topological polar surface area (TPSA) is 61.7 Å². The van der Waals surface area contributed by atoms with E-state index < -0.39 is 0 Å². The first-order chi connectivity index (χ1) is 11.2. The number of hydrogen-bond acceptors (Lipinski definition) is 3. The molecule has 0 aliphatic heterocycles. The third-order valence-electron chi connectivity index (χ3n) is 3.33. The lowest BCUT2D eigenvalue weighted by Gasteiger charge is -2.06. The number of allylic oxidation sites excluding steroid dienone is 1. The van der Waals surface area contributed by atoms with E-state index in [1.54, 1.807) is 6.08 Å². The summed E-state index contributed by atoms with van der Waals surface area (Å²) in [5, 5.41) is 9.46. The Balaban J connectivity index is 1.98. The van der Waals surface area contributed by atoms with Gasteiger partial charge in [-0.05, 0) is 58.8 Å². The van der Waals surface area contributed by atoms with E-state index in [1.807, 2.05) is 49.4 Å². The van der Waals surface area contributed by atoms with Gasteiger partial charge in [0.25, 0.3) is 0 Å². The fourth-order valence-corrected chi connectivity index (χ4v) is 2.79. The molecule has 1 N–H and O–H groups in total. The van der Waals surface area contributed by atoms with Crippen LogP contribution in [0.3, 0.4) is 0 Å². The van der Waals surface area contributed by atoms with Gasteiger partial charge in [0.15, 0.2) is 0 Å². The molecule has 3 aromatic rings. The number of rotatable bonds is 4. The number of para-hydroxylation sites is 2. The van der Waals surface area contributed by atoms with Gasteiger partial charge in [-0.3, -0.25) is 0 Å². The number of benzene rings is 2. The van der Waals surface area contributed by atoms with Crippen LogP contribution in [-0.4, -0.2) is 16.6 Å². The van der Waals surface area contributed by atoms with Crippen LogP contribution in [0, 0.1) is 11.3 Å². The molecular formula is C18H14BrN3O. The third kappa shape index (κ3) is 3.27. The van der Waals surface area contributed by atoms with Gasteiger partial charge in [-0.1, -0.05) is 18.2 Å². The van der Waals surface area contributed by atoms with E-state index in [9.17, 15) is 5.26 Å². The van der Waals surface area contributed by atoms with Gasteiger partial charge in [-0.2, -0.15) is 5.26 Å². The zero-order valence-electron chi connectivity index (χ0n) is 12.5. The Morgan fingerprint density at radius 1 is 1.35 bits per heavy atom. The van der Waals surface area contributed by atoms with Gasteiger partial charge in [-0.15, -0.1) is 0 Å². The maximum absolute atomic E-state index is 9.46. The second-order valence-corrected chi connectivity index (χ2v) is 5.75. The average molecular weight is 368 g/mol. The molecule has 5 heteroatoms. The van der Waals surface area contributed by atoms with Crippen molar-refractivity contribution in [3.8, 4) is 11.8 Å². The van der Waals surface area contributed by atoms with Crippen LogP contribution < -0.4 is 4.74 Å². The number of nitriles is 1. The highest BCUT2D eigenvalue weighted by Gasteiger charge is 2.08. The Morgan fingerprint density at radius 2 is 2.17 bits per heavy atom. The van der Waals surface area contributed by atoms with Crippen molar-refractivity contribution in [2.24, 2.45) is 0 Å². The van der Waals surface area contributed by atoms with Crippen LogP contribution in [0.15, 0.2) is 46.9 Å². The molecule has 23 heavy (non-hydrogen) atoms. The quantitative estimate of drug-likeness (QED) is 0.674. The number of halogens is 1. The minimum atomic E-state index is 0.484. The SMILES string of the molecule is CCOc1ccc(/C=C(/C#N)c2nc3ccccc3[nH]2)cc1Br. The molecule has 3 rings (SSSR count). The summed E-state index contributed by atoms with van der Waals surface area (Å²) in [5.41, 5.74) is 3.14. The second-order valence-electron chi connectivity index (χ2n) is 4.90. The molecular weight excluding hydrogens is 354 g/mol. The molecule has 114 valence electrons. The van der Waals surface area contributed by atoms with Crippen LogP contribution >= 0.6 is 15.9 Å². The third-order valence-corrected chi connectivity index (χ3v) is 3.95. The van der Waals surface area contributed by atoms with Gasteiger partial charge >= 0.3 is 0 Å².